The number of ether oxygens (including phenoxy) is 1. The van der Waals surface area contributed by atoms with Gasteiger partial charge in [-0.1, -0.05) is 85.0 Å². The van der Waals surface area contributed by atoms with Gasteiger partial charge in [0.1, 0.15) is 5.75 Å². The van der Waals surface area contributed by atoms with E-state index < -0.39 is 5.41 Å². The number of rotatable bonds is 6. The Morgan fingerprint density at radius 3 is 2.44 bits per heavy atom. The van der Waals surface area contributed by atoms with Gasteiger partial charge in [-0.15, -0.1) is 0 Å². The third kappa shape index (κ3) is 3.08. The fraction of sp³-hybridized carbons (Fsp3) is 0.0968. The standard InChI is InChI=1S/C31H25NOS/c1-33-28-18-10-8-16-26(28)31(23-13-5-6-14-23,24-19-20-34-21-24)30-29(22-11-3-2-4-12-22)25-15-7-9-17-27(25)32-30/h2-13,15-21,32H,14H2,1H3/t31-/m0/s1. The van der Waals surface area contributed by atoms with Gasteiger partial charge in [0.15, 0.2) is 0 Å². The highest BCUT2D eigenvalue weighted by Gasteiger charge is 2.45. The first-order chi connectivity index (χ1) is 16.8. The number of hydrogen-bond acceptors (Lipinski definition) is 2. The zero-order valence-corrected chi connectivity index (χ0v) is 19.8. The van der Waals surface area contributed by atoms with Crippen LogP contribution in [0.1, 0.15) is 23.2 Å². The number of fused-ring (bicyclic) bond motifs is 1. The maximum Gasteiger partial charge on any atom is 0.123 e. The van der Waals surface area contributed by atoms with E-state index >= 15 is 0 Å². The molecule has 1 atom stereocenters. The fourth-order valence-corrected chi connectivity index (χ4v) is 6.14. The molecule has 1 N–H and O–H groups in total. The SMILES string of the molecule is COc1ccccc1[C@](C1=CC=CC1)(c1ccsc1)c1[nH]c2ccccc2c1-c1ccccc1. The third-order valence-corrected chi connectivity index (χ3v) is 7.54. The summed E-state index contributed by atoms with van der Waals surface area (Å²) < 4.78 is 5.99. The number of aromatic nitrogens is 1. The van der Waals surface area contributed by atoms with Crippen molar-refractivity contribution < 1.29 is 4.74 Å². The lowest BCUT2D eigenvalue weighted by molar-refractivity contribution is 0.404. The Labute approximate surface area is 203 Å². The van der Waals surface area contributed by atoms with Crippen molar-refractivity contribution in [2.45, 2.75) is 11.8 Å². The first-order valence-electron chi connectivity index (χ1n) is 11.5. The second-order valence-corrected chi connectivity index (χ2v) is 9.35. The molecule has 3 heteroatoms. The smallest absolute Gasteiger partial charge is 0.123 e. The maximum absolute atomic E-state index is 5.99. The van der Waals surface area contributed by atoms with Gasteiger partial charge in [-0.3, -0.25) is 0 Å². The molecule has 0 radical (unpaired) electrons. The predicted molar refractivity (Wildman–Crippen MR) is 143 cm³/mol. The number of hydrogen-bond donors (Lipinski definition) is 1. The molecule has 3 aromatic carbocycles. The van der Waals surface area contributed by atoms with Crippen molar-refractivity contribution in [3.8, 4) is 16.9 Å². The highest BCUT2D eigenvalue weighted by atomic mass is 32.1. The van der Waals surface area contributed by atoms with Crippen molar-refractivity contribution in [2.24, 2.45) is 0 Å². The molecule has 1 aliphatic carbocycles. The Morgan fingerprint density at radius 1 is 0.882 bits per heavy atom. The van der Waals surface area contributed by atoms with Gasteiger partial charge in [0.2, 0.25) is 0 Å². The van der Waals surface area contributed by atoms with Gasteiger partial charge >= 0.3 is 0 Å². The summed E-state index contributed by atoms with van der Waals surface area (Å²) in [7, 11) is 1.77. The summed E-state index contributed by atoms with van der Waals surface area (Å²) in [6.07, 6.45) is 7.59. The van der Waals surface area contributed by atoms with Crippen molar-refractivity contribution in [1.82, 2.24) is 4.98 Å². The summed E-state index contributed by atoms with van der Waals surface area (Å²) in [5.74, 6) is 0.888. The lowest BCUT2D eigenvalue weighted by atomic mass is 9.65. The van der Waals surface area contributed by atoms with Crippen LogP contribution < -0.4 is 4.74 Å². The molecule has 6 rings (SSSR count). The summed E-state index contributed by atoms with van der Waals surface area (Å²) in [6.45, 7) is 0. The molecule has 0 aliphatic heterocycles. The van der Waals surface area contributed by atoms with Crippen LogP contribution in [0.5, 0.6) is 5.75 Å². The minimum absolute atomic E-state index is 0.527. The maximum atomic E-state index is 5.99. The van der Waals surface area contributed by atoms with E-state index in [-0.39, 0.29) is 0 Å². The summed E-state index contributed by atoms with van der Waals surface area (Å²) in [5.41, 5.74) is 7.96. The zero-order valence-electron chi connectivity index (χ0n) is 19.0. The van der Waals surface area contributed by atoms with E-state index in [9.17, 15) is 0 Å². The van der Waals surface area contributed by atoms with Crippen LogP contribution in [0.15, 0.2) is 119 Å². The average molecular weight is 460 g/mol. The molecule has 2 nitrogen and oxygen atoms in total. The Bertz CT molecular complexity index is 1510. The number of aromatic amines is 1. The Balaban J connectivity index is 1.81. The summed E-state index contributed by atoms with van der Waals surface area (Å²) in [4.78, 5) is 3.90. The topological polar surface area (TPSA) is 25.0 Å². The molecular weight excluding hydrogens is 434 g/mol. The first kappa shape index (κ1) is 20.8. The highest BCUT2D eigenvalue weighted by Crippen LogP contribution is 2.54. The van der Waals surface area contributed by atoms with E-state index in [2.05, 4.69) is 113 Å². The van der Waals surface area contributed by atoms with Gasteiger partial charge in [-0.25, -0.2) is 0 Å². The Morgan fingerprint density at radius 2 is 1.68 bits per heavy atom. The van der Waals surface area contributed by atoms with Gasteiger partial charge in [0, 0.05) is 27.7 Å². The molecule has 0 fully saturated rings. The van der Waals surface area contributed by atoms with Gasteiger partial charge < -0.3 is 9.72 Å². The molecule has 0 unspecified atom stereocenters. The normalized spacial score (nSPS) is 14.8. The minimum Gasteiger partial charge on any atom is -0.496 e. The monoisotopic (exact) mass is 459 g/mol. The van der Waals surface area contributed by atoms with Gasteiger partial charge in [-0.05, 0) is 52.1 Å². The minimum atomic E-state index is -0.527. The summed E-state index contributed by atoms with van der Waals surface area (Å²) in [6, 6.07) is 30.1. The van der Waals surface area contributed by atoms with Crippen molar-refractivity contribution in [3.63, 3.8) is 0 Å². The van der Waals surface area contributed by atoms with Crippen LogP contribution in [0.25, 0.3) is 22.0 Å². The van der Waals surface area contributed by atoms with Crippen LogP contribution >= 0.6 is 11.3 Å². The molecule has 2 aromatic heterocycles. The number of H-pyrrole nitrogens is 1. The second kappa shape index (κ2) is 8.51. The Kier molecular flexibility index (Phi) is 5.20. The molecule has 0 amide bonds. The molecular formula is C31H25NOS. The van der Waals surface area contributed by atoms with Crippen LogP contribution in [0.2, 0.25) is 0 Å². The molecule has 5 aromatic rings. The van der Waals surface area contributed by atoms with Crippen LogP contribution in [0.4, 0.5) is 0 Å². The van der Waals surface area contributed by atoms with E-state index in [1.807, 2.05) is 6.07 Å². The van der Waals surface area contributed by atoms with E-state index in [0.29, 0.717) is 0 Å². The molecule has 0 saturated heterocycles. The highest BCUT2D eigenvalue weighted by molar-refractivity contribution is 7.08. The molecule has 0 spiro atoms. The fourth-order valence-electron chi connectivity index (χ4n) is 5.44. The number of nitrogens with one attached hydrogen (secondary N) is 1. The summed E-state index contributed by atoms with van der Waals surface area (Å²) in [5, 5.41) is 5.68. The number of allylic oxidation sites excluding steroid dienone is 4. The van der Waals surface area contributed by atoms with Crippen LogP contribution in [-0.4, -0.2) is 12.1 Å². The van der Waals surface area contributed by atoms with E-state index in [1.165, 1.54) is 33.3 Å². The lowest BCUT2D eigenvalue weighted by Gasteiger charge is -2.37. The van der Waals surface area contributed by atoms with Crippen LogP contribution in [0, 0.1) is 0 Å². The quantitative estimate of drug-likeness (QED) is 0.272. The zero-order chi connectivity index (χ0) is 23.0. The molecule has 166 valence electrons. The Hall–Kier alpha value is -3.82. The molecule has 1 aliphatic rings. The van der Waals surface area contributed by atoms with Crippen molar-refractivity contribution in [2.75, 3.05) is 7.11 Å². The first-order valence-corrected chi connectivity index (χ1v) is 12.5. The average Bonchev–Trinajstić information content (AvgIpc) is 3.67. The van der Waals surface area contributed by atoms with E-state index in [0.717, 1.165) is 23.3 Å². The largest absolute Gasteiger partial charge is 0.496 e. The van der Waals surface area contributed by atoms with Gasteiger partial charge in [0.25, 0.3) is 0 Å². The van der Waals surface area contributed by atoms with Gasteiger partial charge in [0.05, 0.1) is 12.5 Å². The number of methoxy groups -OCH3 is 1. The molecule has 0 saturated carbocycles. The molecule has 2 heterocycles. The lowest BCUT2D eigenvalue weighted by Crippen LogP contribution is -2.32. The molecule has 0 bridgehead atoms. The predicted octanol–water partition coefficient (Wildman–Crippen LogP) is 8.13. The number of para-hydroxylation sites is 2. The third-order valence-electron chi connectivity index (χ3n) is 6.86. The van der Waals surface area contributed by atoms with Gasteiger partial charge in [-0.2, -0.15) is 11.3 Å². The van der Waals surface area contributed by atoms with Crippen molar-refractivity contribution in [3.05, 3.63) is 136 Å². The van der Waals surface area contributed by atoms with E-state index in [1.54, 1.807) is 18.4 Å². The van der Waals surface area contributed by atoms with E-state index in [4.69, 9.17) is 4.74 Å². The van der Waals surface area contributed by atoms with Crippen molar-refractivity contribution in [1.29, 1.82) is 0 Å². The molecule has 34 heavy (non-hydrogen) atoms. The number of thiophene rings is 1. The van der Waals surface area contributed by atoms with Crippen LogP contribution in [-0.2, 0) is 5.41 Å². The number of benzene rings is 3. The van der Waals surface area contributed by atoms with Crippen molar-refractivity contribution >= 4 is 22.2 Å². The summed E-state index contributed by atoms with van der Waals surface area (Å²) >= 11 is 1.73. The van der Waals surface area contributed by atoms with Crippen LogP contribution in [0.3, 0.4) is 0 Å². The second-order valence-electron chi connectivity index (χ2n) is 8.57.